The Hall–Kier alpha value is -1.43. The zero-order valence-electron chi connectivity index (χ0n) is 9.81. The minimum atomic E-state index is -3.86. The smallest absolute Gasteiger partial charge is 0.207 e. The molecule has 6 heteroatoms. The summed E-state index contributed by atoms with van der Waals surface area (Å²) in [4.78, 5) is -0.357. The molecule has 2 rings (SSSR count). The van der Waals surface area contributed by atoms with Crippen LogP contribution in [0.2, 0.25) is 5.02 Å². The maximum atomic E-state index is 13.4. The van der Waals surface area contributed by atoms with Crippen molar-refractivity contribution in [1.82, 2.24) is 4.72 Å². The van der Waals surface area contributed by atoms with Crippen LogP contribution in [0.4, 0.5) is 4.39 Å². The Balaban J connectivity index is 2.14. The van der Waals surface area contributed by atoms with Gasteiger partial charge in [0.05, 0.1) is 0 Å². The largest absolute Gasteiger partial charge is 0.243 e. The molecular formula is C13H11ClFNO2S. The molecule has 0 atom stereocenters. The van der Waals surface area contributed by atoms with Gasteiger partial charge in [0.1, 0.15) is 10.7 Å². The number of hydrogen-bond donors (Lipinski definition) is 1. The molecule has 0 unspecified atom stereocenters. The Morgan fingerprint density at radius 1 is 1.05 bits per heavy atom. The molecule has 3 nitrogen and oxygen atoms in total. The number of benzene rings is 2. The first-order valence-corrected chi connectivity index (χ1v) is 7.34. The second kappa shape index (κ2) is 5.69. The van der Waals surface area contributed by atoms with Gasteiger partial charge in [0, 0.05) is 11.6 Å². The molecule has 100 valence electrons. The summed E-state index contributed by atoms with van der Waals surface area (Å²) in [5.41, 5.74) is 0.740. The van der Waals surface area contributed by atoms with Crippen LogP contribution in [0.5, 0.6) is 0 Å². The third-order valence-corrected chi connectivity index (χ3v) is 4.19. The molecule has 0 heterocycles. The lowest BCUT2D eigenvalue weighted by Gasteiger charge is -2.07. The predicted molar refractivity (Wildman–Crippen MR) is 71.9 cm³/mol. The Labute approximate surface area is 116 Å². The minimum absolute atomic E-state index is 0.0772. The highest BCUT2D eigenvalue weighted by Crippen LogP contribution is 2.14. The predicted octanol–water partition coefficient (Wildman–Crippen LogP) is 2.96. The molecule has 0 saturated carbocycles. The van der Waals surface area contributed by atoms with E-state index < -0.39 is 15.8 Å². The minimum Gasteiger partial charge on any atom is -0.207 e. The molecular weight excluding hydrogens is 289 g/mol. The SMILES string of the molecule is O=S(=O)(NCc1ccc(Cl)cc1)c1ccccc1F. The van der Waals surface area contributed by atoms with Gasteiger partial charge in [-0.15, -0.1) is 0 Å². The van der Waals surface area contributed by atoms with Gasteiger partial charge in [0.15, 0.2) is 0 Å². The summed E-state index contributed by atoms with van der Waals surface area (Å²) in [6, 6.07) is 12.0. The number of hydrogen-bond acceptors (Lipinski definition) is 2. The molecule has 0 fully saturated rings. The Morgan fingerprint density at radius 3 is 2.32 bits per heavy atom. The molecule has 2 aromatic carbocycles. The van der Waals surface area contributed by atoms with E-state index >= 15 is 0 Å². The van der Waals surface area contributed by atoms with Crippen LogP contribution in [-0.4, -0.2) is 8.42 Å². The van der Waals surface area contributed by atoms with Crippen LogP contribution in [0, 0.1) is 5.82 Å². The van der Waals surface area contributed by atoms with Crippen LogP contribution in [0.1, 0.15) is 5.56 Å². The number of rotatable bonds is 4. The zero-order chi connectivity index (χ0) is 13.9. The van der Waals surface area contributed by atoms with Crippen molar-refractivity contribution < 1.29 is 12.8 Å². The van der Waals surface area contributed by atoms with Crippen molar-refractivity contribution in [3.05, 3.63) is 64.9 Å². The van der Waals surface area contributed by atoms with E-state index in [2.05, 4.69) is 4.72 Å². The molecule has 0 spiro atoms. The fourth-order valence-electron chi connectivity index (χ4n) is 1.52. The lowest BCUT2D eigenvalue weighted by atomic mass is 10.2. The highest BCUT2D eigenvalue weighted by atomic mass is 35.5. The van der Waals surface area contributed by atoms with Crippen molar-refractivity contribution in [2.24, 2.45) is 0 Å². The van der Waals surface area contributed by atoms with E-state index in [-0.39, 0.29) is 11.4 Å². The van der Waals surface area contributed by atoms with Crippen LogP contribution in [0.3, 0.4) is 0 Å². The molecule has 0 bridgehead atoms. The number of nitrogens with one attached hydrogen (secondary N) is 1. The summed E-state index contributed by atoms with van der Waals surface area (Å²) in [5, 5.41) is 0.570. The van der Waals surface area contributed by atoms with Gasteiger partial charge < -0.3 is 0 Å². The summed E-state index contributed by atoms with van der Waals surface area (Å²) >= 11 is 5.73. The highest BCUT2D eigenvalue weighted by Gasteiger charge is 2.17. The molecule has 0 aliphatic carbocycles. The van der Waals surface area contributed by atoms with Gasteiger partial charge in [-0.25, -0.2) is 17.5 Å². The van der Waals surface area contributed by atoms with Crippen LogP contribution in [0.15, 0.2) is 53.4 Å². The van der Waals surface area contributed by atoms with Crippen molar-refractivity contribution in [3.63, 3.8) is 0 Å². The van der Waals surface area contributed by atoms with Crippen LogP contribution in [-0.2, 0) is 16.6 Å². The topological polar surface area (TPSA) is 46.2 Å². The van der Waals surface area contributed by atoms with E-state index in [1.54, 1.807) is 24.3 Å². The molecule has 0 radical (unpaired) electrons. The fraction of sp³-hybridized carbons (Fsp3) is 0.0769. The first-order valence-electron chi connectivity index (χ1n) is 5.48. The molecule has 19 heavy (non-hydrogen) atoms. The number of halogens is 2. The normalized spacial score (nSPS) is 11.5. The maximum Gasteiger partial charge on any atom is 0.243 e. The van der Waals surface area contributed by atoms with Crippen molar-refractivity contribution in [2.45, 2.75) is 11.4 Å². The Kier molecular flexibility index (Phi) is 4.19. The second-order valence-corrected chi connectivity index (χ2v) is 6.05. The van der Waals surface area contributed by atoms with Crippen molar-refractivity contribution in [3.8, 4) is 0 Å². The summed E-state index contributed by atoms with van der Waals surface area (Å²) in [5.74, 6) is -0.772. The quantitative estimate of drug-likeness (QED) is 0.943. The first-order chi connectivity index (χ1) is 8.99. The standard InChI is InChI=1S/C13H11ClFNO2S/c14-11-7-5-10(6-8-11)9-16-19(17,18)13-4-2-1-3-12(13)15/h1-8,16H,9H2. The van der Waals surface area contributed by atoms with Gasteiger partial charge >= 0.3 is 0 Å². The van der Waals surface area contributed by atoms with Crippen molar-refractivity contribution in [1.29, 1.82) is 0 Å². The van der Waals surface area contributed by atoms with Crippen LogP contribution >= 0.6 is 11.6 Å². The van der Waals surface area contributed by atoms with Gasteiger partial charge in [-0.3, -0.25) is 0 Å². The van der Waals surface area contributed by atoms with Crippen molar-refractivity contribution in [2.75, 3.05) is 0 Å². The maximum absolute atomic E-state index is 13.4. The third-order valence-electron chi connectivity index (χ3n) is 2.51. The second-order valence-electron chi connectivity index (χ2n) is 3.88. The fourth-order valence-corrected chi connectivity index (χ4v) is 2.74. The molecule has 0 aliphatic rings. The zero-order valence-corrected chi connectivity index (χ0v) is 11.4. The average molecular weight is 300 g/mol. The van der Waals surface area contributed by atoms with E-state index in [9.17, 15) is 12.8 Å². The van der Waals surface area contributed by atoms with Gasteiger partial charge in [0.25, 0.3) is 0 Å². The van der Waals surface area contributed by atoms with Crippen LogP contribution < -0.4 is 4.72 Å². The van der Waals surface area contributed by atoms with Gasteiger partial charge in [-0.2, -0.15) is 0 Å². The van der Waals surface area contributed by atoms with Crippen LogP contribution in [0.25, 0.3) is 0 Å². The summed E-state index contributed by atoms with van der Waals surface area (Å²) in [6.07, 6.45) is 0. The third kappa shape index (κ3) is 3.53. The average Bonchev–Trinajstić information content (AvgIpc) is 2.38. The summed E-state index contributed by atoms with van der Waals surface area (Å²) in [6.45, 7) is 0.0772. The van der Waals surface area contributed by atoms with E-state index in [1.807, 2.05) is 0 Å². The monoisotopic (exact) mass is 299 g/mol. The number of sulfonamides is 1. The van der Waals surface area contributed by atoms with Gasteiger partial charge in [-0.05, 0) is 29.8 Å². The molecule has 2 aromatic rings. The first kappa shape index (κ1) is 14.0. The van der Waals surface area contributed by atoms with Gasteiger partial charge in [-0.1, -0.05) is 35.9 Å². The highest BCUT2D eigenvalue weighted by molar-refractivity contribution is 7.89. The Bertz CT molecular complexity index is 671. The summed E-state index contributed by atoms with van der Waals surface area (Å²) in [7, 11) is -3.86. The van der Waals surface area contributed by atoms with E-state index in [0.29, 0.717) is 5.02 Å². The molecule has 0 amide bonds. The lowest BCUT2D eigenvalue weighted by Crippen LogP contribution is -2.24. The Morgan fingerprint density at radius 2 is 1.68 bits per heavy atom. The van der Waals surface area contributed by atoms with E-state index in [0.717, 1.165) is 11.6 Å². The lowest BCUT2D eigenvalue weighted by molar-refractivity contribution is 0.557. The molecule has 0 saturated heterocycles. The van der Waals surface area contributed by atoms with E-state index in [4.69, 9.17) is 11.6 Å². The molecule has 0 aliphatic heterocycles. The van der Waals surface area contributed by atoms with Crippen molar-refractivity contribution >= 4 is 21.6 Å². The van der Waals surface area contributed by atoms with Gasteiger partial charge in [0.2, 0.25) is 10.0 Å². The molecule has 1 N–H and O–H groups in total. The van der Waals surface area contributed by atoms with E-state index in [1.165, 1.54) is 18.2 Å². The molecule has 0 aromatic heterocycles. The summed E-state index contributed by atoms with van der Waals surface area (Å²) < 4.78 is 39.6.